The molecule has 18 heavy (non-hydrogen) atoms. The van der Waals surface area contributed by atoms with Crippen molar-refractivity contribution in [1.29, 1.82) is 0 Å². The Kier molecular flexibility index (Phi) is 4.49. The molecule has 0 aromatic carbocycles. The molecule has 3 nitrogen and oxygen atoms in total. The summed E-state index contributed by atoms with van der Waals surface area (Å²) in [6.45, 7) is 9.26. The number of hydrogen-bond donors (Lipinski definition) is 0. The summed E-state index contributed by atoms with van der Waals surface area (Å²) in [5, 5.41) is 0. The fourth-order valence-corrected chi connectivity index (χ4v) is 2.67. The Hall–Kier alpha value is -1.38. The number of ether oxygens (including phenoxy) is 1. The average Bonchev–Trinajstić information content (AvgIpc) is 2.12. The third kappa shape index (κ3) is 3.83. The van der Waals surface area contributed by atoms with E-state index in [4.69, 9.17) is 4.74 Å². The maximum Gasteiger partial charge on any atom is 0.302 e. The molecule has 0 saturated carbocycles. The van der Waals surface area contributed by atoms with Crippen LogP contribution in [0.1, 0.15) is 47.5 Å². The Bertz CT molecular complexity index is 413. The third-order valence-electron chi connectivity index (χ3n) is 3.28. The van der Waals surface area contributed by atoms with E-state index in [2.05, 4.69) is 13.8 Å². The van der Waals surface area contributed by atoms with Crippen molar-refractivity contribution in [1.82, 2.24) is 0 Å². The maximum atomic E-state index is 11.0. The third-order valence-corrected chi connectivity index (χ3v) is 3.28. The molecule has 0 bridgehead atoms. The van der Waals surface area contributed by atoms with Crippen molar-refractivity contribution in [3.05, 3.63) is 23.3 Å². The topological polar surface area (TPSA) is 43.4 Å². The summed E-state index contributed by atoms with van der Waals surface area (Å²) in [5.41, 5.74) is 2.30. The summed E-state index contributed by atoms with van der Waals surface area (Å²) < 4.78 is 5.31. The van der Waals surface area contributed by atoms with E-state index in [1.54, 1.807) is 13.0 Å². The van der Waals surface area contributed by atoms with Crippen molar-refractivity contribution in [2.75, 3.05) is 0 Å². The van der Waals surface area contributed by atoms with Crippen molar-refractivity contribution in [2.24, 2.45) is 5.41 Å². The molecule has 1 aliphatic rings. The minimum Gasteiger partial charge on any atom is -0.462 e. The molecule has 1 aliphatic carbocycles. The van der Waals surface area contributed by atoms with Crippen LogP contribution in [0.5, 0.6) is 0 Å². The largest absolute Gasteiger partial charge is 0.462 e. The van der Waals surface area contributed by atoms with Gasteiger partial charge in [0.1, 0.15) is 6.10 Å². The molecule has 0 aromatic heterocycles. The Morgan fingerprint density at radius 1 is 1.33 bits per heavy atom. The molecule has 0 aromatic rings. The maximum absolute atomic E-state index is 11.0. The lowest BCUT2D eigenvalue weighted by molar-refractivity contribution is -0.147. The van der Waals surface area contributed by atoms with Gasteiger partial charge in [-0.3, -0.25) is 9.59 Å². The number of ketones is 1. The van der Waals surface area contributed by atoms with Crippen LogP contribution in [0.25, 0.3) is 0 Å². The van der Waals surface area contributed by atoms with E-state index in [1.165, 1.54) is 18.1 Å². The second kappa shape index (κ2) is 5.51. The summed E-state index contributed by atoms with van der Waals surface area (Å²) in [4.78, 5) is 22.1. The van der Waals surface area contributed by atoms with Crippen LogP contribution < -0.4 is 0 Å². The molecule has 0 amide bonds. The molecular formula is C15H22O3. The molecule has 0 aliphatic heterocycles. The zero-order valence-corrected chi connectivity index (χ0v) is 11.9. The lowest BCUT2D eigenvalue weighted by Gasteiger charge is -2.37. The van der Waals surface area contributed by atoms with E-state index in [0.29, 0.717) is 0 Å². The molecule has 1 unspecified atom stereocenters. The Balaban J connectivity index is 2.96. The predicted molar refractivity (Wildman–Crippen MR) is 71.1 cm³/mol. The van der Waals surface area contributed by atoms with Crippen LogP contribution in [0.4, 0.5) is 0 Å². The molecule has 1 atom stereocenters. The molecule has 100 valence electrons. The summed E-state index contributed by atoms with van der Waals surface area (Å²) in [7, 11) is 0. The van der Waals surface area contributed by atoms with Gasteiger partial charge in [0.25, 0.3) is 0 Å². The van der Waals surface area contributed by atoms with Gasteiger partial charge in [0.05, 0.1) is 0 Å². The smallest absolute Gasteiger partial charge is 0.302 e. The molecule has 0 saturated heterocycles. The van der Waals surface area contributed by atoms with Crippen LogP contribution in [0.3, 0.4) is 0 Å². The highest BCUT2D eigenvalue weighted by Crippen LogP contribution is 2.41. The van der Waals surface area contributed by atoms with E-state index >= 15 is 0 Å². The number of hydrogen-bond acceptors (Lipinski definition) is 3. The minimum atomic E-state index is -0.230. The van der Waals surface area contributed by atoms with E-state index in [1.807, 2.05) is 13.0 Å². The van der Waals surface area contributed by atoms with Crippen molar-refractivity contribution >= 4 is 11.8 Å². The lowest BCUT2D eigenvalue weighted by atomic mass is 9.71. The number of rotatable bonds is 3. The van der Waals surface area contributed by atoms with Gasteiger partial charge >= 0.3 is 5.97 Å². The van der Waals surface area contributed by atoms with Gasteiger partial charge in [-0.2, -0.15) is 0 Å². The molecule has 0 N–H and O–H groups in total. The molecule has 3 heteroatoms. The molecular weight excluding hydrogens is 228 g/mol. The summed E-state index contributed by atoms with van der Waals surface area (Å²) in [6, 6.07) is 0. The summed E-state index contributed by atoms with van der Waals surface area (Å²) in [6.07, 6.45) is 5.00. The quantitative estimate of drug-likeness (QED) is 0.570. The van der Waals surface area contributed by atoms with Crippen LogP contribution in [0, 0.1) is 5.41 Å². The molecule has 0 radical (unpaired) electrons. The van der Waals surface area contributed by atoms with Gasteiger partial charge in [-0.15, -0.1) is 0 Å². The molecule has 0 heterocycles. The van der Waals surface area contributed by atoms with Gasteiger partial charge in [0.15, 0.2) is 5.78 Å². The first kappa shape index (κ1) is 14.7. The van der Waals surface area contributed by atoms with Gasteiger partial charge in [-0.1, -0.05) is 25.5 Å². The molecule has 1 rings (SSSR count). The van der Waals surface area contributed by atoms with E-state index in [0.717, 1.165) is 12.8 Å². The van der Waals surface area contributed by atoms with E-state index in [9.17, 15) is 9.59 Å². The van der Waals surface area contributed by atoms with Crippen LogP contribution in [0.2, 0.25) is 0 Å². The van der Waals surface area contributed by atoms with Gasteiger partial charge in [-0.25, -0.2) is 0 Å². The monoisotopic (exact) mass is 250 g/mol. The second-order valence-corrected chi connectivity index (χ2v) is 5.66. The first-order chi connectivity index (χ1) is 8.22. The van der Waals surface area contributed by atoms with Crippen molar-refractivity contribution in [3.8, 4) is 0 Å². The Morgan fingerprint density at radius 3 is 2.39 bits per heavy atom. The van der Waals surface area contributed by atoms with Gasteiger partial charge in [-0.05, 0) is 37.3 Å². The first-order valence-electron chi connectivity index (χ1n) is 6.28. The number of esters is 1. The fraction of sp³-hybridized carbons (Fsp3) is 0.600. The van der Waals surface area contributed by atoms with E-state index < -0.39 is 0 Å². The number of carbonyl (C=O) groups excluding carboxylic acids is 2. The highest BCUT2D eigenvalue weighted by atomic mass is 16.5. The van der Waals surface area contributed by atoms with Crippen molar-refractivity contribution in [3.63, 3.8) is 0 Å². The zero-order chi connectivity index (χ0) is 13.9. The van der Waals surface area contributed by atoms with E-state index in [-0.39, 0.29) is 23.3 Å². The second-order valence-electron chi connectivity index (χ2n) is 5.66. The fourth-order valence-electron chi connectivity index (χ4n) is 2.67. The highest BCUT2D eigenvalue weighted by Gasteiger charge is 2.33. The van der Waals surface area contributed by atoms with Crippen LogP contribution in [0.15, 0.2) is 23.3 Å². The number of carbonyl (C=O) groups is 2. The lowest BCUT2D eigenvalue weighted by Crippen LogP contribution is -2.31. The van der Waals surface area contributed by atoms with Gasteiger partial charge in [0.2, 0.25) is 0 Å². The molecule has 0 fully saturated rings. The SMILES string of the molecule is CC(=O)/C=C/C1=C(C)CC(OC(C)=O)CC1(C)C. The normalized spacial score (nSPS) is 23.3. The van der Waals surface area contributed by atoms with Crippen LogP contribution >= 0.6 is 0 Å². The first-order valence-corrected chi connectivity index (χ1v) is 6.28. The number of allylic oxidation sites excluding steroid dienone is 3. The zero-order valence-electron chi connectivity index (χ0n) is 11.9. The Labute approximate surface area is 109 Å². The summed E-state index contributed by atoms with van der Waals surface area (Å²) >= 11 is 0. The summed E-state index contributed by atoms with van der Waals surface area (Å²) in [5.74, 6) is -0.181. The van der Waals surface area contributed by atoms with Crippen molar-refractivity contribution < 1.29 is 14.3 Å². The minimum absolute atomic E-state index is 0.0491. The van der Waals surface area contributed by atoms with Gasteiger partial charge < -0.3 is 4.74 Å². The molecule has 0 spiro atoms. The van der Waals surface area contributed by atoms with Crippen LogP contribution in [-0.2, 0) is 14.3 Å². The average molecular weight is 250 g/mol. The predicted octanol–water partition coefficient (Wildman–Crippen LogP) is 3.20. The van der Waals surface area contributed by atoms with Crippen LogP contribution in [-0.4, -0.2) is 17.9 Å². The van der Waals surface area contributed by atoms with Crippen molar-refractivity contribution in [2.45, 2.75) is 53.6 Å². The highest BCUT2D eigenvalue weighted by molar-refractivity contribution is 5.87. The van der Waals surface area contributed by atoms with Gasteiger partial charge in [0, 0.05) is 13.3 Å². The Morgan fingerprint density at radius 2 is 1.94 bits per heavy atom. The standard InChI is InChI=1S/C15H22O3/c1-10-8-13(18-12(3)17)9-15(4,5)14(10)7-6-11(2)16/h6-7,13H,8-9H2,1-5H3/b7-6+.